The number of aromatic nitrogens is 9. The van der Waals surface area contributed by atoms with Crippen LogP contribution in [0.1, 0.15) is 193 Å². The van der Waals surface area contributed by atoms with Gasteiger partial charge in [0, 0.05) is 75.4 Å². The van der Waals surface area contributed by atoms with Crippen LogP contribution >= 0.6 is 45.5 Å². The quantitative estimate of drug-likeness (QED) is 0.148. The minimum Gasteiger partial charge on any atom is -0.470 e. The normalized spacial score (nSPS) is 7.38. The fourth-order valence-electron chi connectivity index (χ4n) is 3.17. The fourth-order valence-corrected chi connectivity index (χ4v) is 4.96. The molecule has 0 fully saturated rings. The summed E-state index contributed by atoms with van der Waals surface area (Å²) in [6, 6.07) is 17.7. The Morgan fingerprint density at radius 1 is 0.425 bits per heavy atom. The topological polar surface area (TPSA) is 174 Å². The maximum atomic E-state index is 4.83. The van der Waals surface area contributed by atoms with Crippen molar-refractivity contribution < 1.29 is 17.8 Å². The molecular formula is C63H115N9O4S4. The minimum absolute atomic E-state index is 0.718. The number of thiazole rings is 2. The summed E-state index contributed by atoms with van der Waals surface area (Å²) in [4.78, 5) is 22.1. The average Bonchev–Trinajstić information content (AvgIpc) is 4.32. The Bertz CT molecular complexity index is 1660. The van der Waals surface area contributed by atoms with E-state index in [2.05, 4.69) is 73.6 Å². The molecular weight excluding hydrogens is 1080 g/mol. The molecule has 0 saturated heterocycles. The van der Waals surface area contributed by atoms with Crippen LogP contribution in [0, 0.1) is 69.2 Å². The predicted octanol–water partition coefficient (Wildman–Crippen LogP) is 23.3. The van der Waals surface area contributed by atoms with Gasteiger partial charge in [0.1, 0.15) is 23.5 Å². The number of furan rings is 1. The number of nitrogens with one attached hydrogen (secondary N) is 2. The molecule has 0 amide bonds. The number of nitrogens with zero attached hydrogens (tertiary/aromatic N) is 7. The average molecular weight is 1190 g/mol. The van der Waals surface area contributed by atoms with E-state index in [1.807, 2.05) is 254 Å². The molecule has 0 bridgehead atoms. The second kappa shape index (κ2) is 92.4. The van der Waals surface area contributed by atoms with Crippen molar-refractivity contribution in [3.05, 3.63) is 194 Å². The van der Waals surface area contributed by atoms with Crippen molar-refractivity contribution in [1.29, 1.82) is 0 Å². The van der Waals surface area contributed by atoms with Crippen molar-refractivity contribution in [3.63, 3.8) is 0 Å². The van der Waals surface area contributed by atoms with Gasteiger partial charge in [-0.15, -0.1) is 34.0 Å². The number of H-pyrrole nitrogens is 2. The van der Waals surface area contributed by atoms with Gasteiger partial charge in [0.05, 0.1) is 35.4 Å². The maximum Gasteiger partial charge on any atom is 0.190 e. The lowest BCUT2D eigenvalue weighted by Gasteiger charge is -1.70. The summed E-state index contributed by atoms with van der Waals surface area (Å²) >= 11 is 6.64. The van der Waals surface area contributed by atoms with Crippen LogP contribution in [0.3, 0.4) is 0 Å². The Morgan fingerprint density at radius 2 is 1.05 bits per heavy atom. The second-order valence-corrected chi connectivity index (χ2v) is 16.0. The molecule has 0 aliphatic rings. The van der Waals surface area contributed by atoms with Crippen molar-refractivity contribution in [2.75, 3.05) is 0 Å². The van der Waals surface area contributed by atoms with Crippen molar-refractivity contribution in [2.24, 2.45) is 0 Å². The van der Waals surface area contributed by atoms with E-state index in [4.69, 9.17) is 13.3 Å². The Balaban J connectivity index is -0.0000000822. The van der Waals surface area contributed by atoms with E-state index in [9.17, 15) is 0 Å². The van der Waals surface area contributed by atoms with Crippen LogP contribution in [0.25, 0.3) is 0 Å². The minimum atomic E-state index is 0.718. The van der Waals surface area contributed by atoms with Crippen molar-refractivity contribution in [2.45, 2.75) is 208 Å². The maximum absolute atomic E-state index is 4.83. The first kappa shape index (κ1) is 96.3. The van der Waals surface area contributed by atoms with E-state index in [0.29, 0.717) is 0 Å². The second-order valence-electron chi connectivity index (χ2n) is 11.6. The van der Waals surface area contributed by atoms with E-state index < -0.39 is 0 Å². The molecule has 10 aromatic rings. The van der Waals surface area contributed by atoms with E-state index in [1.165, 1.54) is 38.3 Å². The Hall–Kier alpha value is -6.01. The summed E-state index contributed by atoms with van der Waals surface area (Å²) in [7, 11) is 0. The van der Waals surface area contributed by atoms with Gasteiger partial charge in [-0.25, -0.2) is 14.3 Å². The number of hydrogen-bond donors (Lipinski definition) is 2. The monoisotopic (exact) mass is 1190 g/mol. The van der Waals surface area contributed by atoms with Gasteiger partial charge in [-0.05, 0) is 122 Å². The van der Waals surface area contributed by atoms with Gasteiger partial charge in [0.15, 0.2) is 12.3 Å². The zero-order chi connectivity index (χ0) is 64.1. The van der Waals surface area contributed by atoms with Crippen LogP contribution in [0.5, 0.6) is 0 Å². The van der Waals surface area contributed by atoms with Gasteiger partial charge in [-0.1, -0.05) is 150 Å². The highest BCUT2D eigenvalue weighted by Crippen LogP contribution is 2.04. The van der Waals surface area contributed by atoms with Crippen LogP contribution in [0.15, 0.2) is 157 Å². The molecule has 0 spiro atoms. The van der Waals surface area contributed by atoms with Crippen LogP contribution in [-0.2, 0) is 0 Å². The molecule has 0 saturated carbocycles. The third-order valence-electron chi connectivity index (χ3n) is 6.08. The highest BCUT2D eigenvalue weighted by molar-refractivity contribution is 7.10. The molecule has 0 unspecified atom stereocenters. The summed E-state index contributed by atoms with van der Waals surface area (Å²) in [5.74, 6) is 3.40. The number of aromatic amines is 2. The lowest BCUT2D eigenvalue weighted by molar-refractivity contribution is 0.397. The van der Waals surface area contributed by atoms with E-state index in [-0.39, 0.29) is 0 Å². The highest BCUT2D eigenvalue weighted by atomic mass is 32.1. The van der Waals surface area contributed by atoms with Crippen molar-refractivity contribution in [3.8, 4) is 0 Å². The predicted molar refractivity (Wildman–Crippen MR) is 359 cm³/mol. The molecule has 2 N–H and O–H groups in total. The third-order valence-corrected chi connectivity index (χ3v) is 8.94. The molecule has 0 atom stereocenters. The molecule has 0 aliphatic heterocycles. The molecule has 0 aromatic carbocycles. The molecule has 80 heavy (non-hydrogen) atoms. The molecule has 0 radical (unpaired) electrons. The van der Waals surface area contributed by atoms with Gasteiger partial charge in [0.25, 0.3) is 0 Å². The number of aryl methyl sites for hydroxylation is 10. The van der Waals surface area contributed by atoms with Crippen molar-refractivity contribution in [1.82, 2.24) is 44.6 Å². The summed E-state index contributed by atoms with van der Waals surface area (Å²) in [5.41, 5.74) is 4.15. The van der Waals surface area contributed by atoms with Gasteiger partial charge >= 0.3 is 0 Å². The number of oxazole rings is 2. The zero-order valence-corrected chi connectivity index (χ0v) is 58.9. The molecule has 17 heteroatoms. The molecule has 460 valence electrons. The van der Waals surface area contributed by atoms with Crippen LogP contribution < -0.4 is 0 Å². The summed E-state index contributed by atoms with van der Waals surface area (Å²) < 4.78 is 22.7. The third kappa shape index (κ3) is 88.6. The van der Waals surface area contributed by atoms with Crippen LogP contribution in [0.4, 0.5) is 0 Å². The lowest BCUT2D eigenvalue weighted by Crippen LogP contribution is -1.65. The van der Waals surface area contributed by atoms with E-state index >= 15 is 0 Å². The highest BCUT2D eigenvalue weighted by Gasteiger charge is 1.81. The Kier molecular flexibility index (Phi) is 111. The Morgan fingerprint density at radius 3 is 1.18 bits per heavy atom. The lowest BCUT2D eigenvalue weighted by atomic mass is 10.5. The molecule has 13 nitrogen and oxygen atoms in total. The van der Waals surface area contributed by atoms with Crippen LogP contribution in [-0.4, -0.2) is 44.6 Å². The molecule has 0 aliphatic carbocycles. The van der Waals surface area contributed by atoms with Crippen LogP contribution in [0.2, 0.25) is 0 Å². The van der Waals surface area contributed by atoms with Gasteiger partial charge in [0.2, 0.25) is 0 Å². The van der Waals surface area contributed by atoms with Gasteiger partial charge < -0.3 is 22.8 Å². The van der Waals surface area contributed by atoms with Gasteiger partial charge in [-0.2, -0.15) is 5.10 Å². The summed E-state index contributed by atoms with van der Waals surface area (Å²) in [6.07, 6.45) is 18.6. The van der Waals surface area contributed by atoms with E-state index in [1.54, 1.807) is 96.7 Å². The SMILES string of the molecule is CC.CC.CC.CC.CC.CC.CC.CC.CC.CC.Cc1ccc[nH]1.Cc1ccco1.Cc1cccs1.Cc1ccn[nH]1.Cc1ccno1.Cc1ccns1.Cc1cnco1.Cc1cncs1.Cc1ncco1.Cc1nccs1. The molecule has 10 rings (SSSR count). The number of rotatable bonds is 0. The smallest absolute Gasteiger partial charge is 0.190 e. The molecule has 10 aromatic heterocycles. The zero-order valence-electron chi connectivity index (χ0n) is 55.7. The fraction of sp³-hybridized carbons (Fsp3) is 0.476. The first-order valence-corrected chi connectivity index (χ1v) is 31.6. The first-order chi connectivity index (χ1) is 38.9. The summed E-state index contributed by atoms with van der Waals surface area (Å²) in [5, 5.41) is 15.1. The number of thiophene rings is 1. The molecule has 10 heterocycles. The van der Waals surface area contributed by atoms with Crippen molar-refractivity contribution >= 4 is 45.5 Å². The summed E-state index contributed by atoms with van der Waals surface area (Å²) in [6.45, 7) is 59.6. The Labute approximate surface area is 506 Å². The standard InChI is InChI=1S/C5H7N.C5H6O.C5H6S.C4H6N2.3C4H5NO.3C4H5NS.10C2H6/c3*1-5-3-2-4-6-5;1-4-2-3-5-6-4;1-4-2-5-3-6-4;1-4-5-2-3-6-4;1-4-2-3-5-6-4;1-4-2-5-3-6-4;1-4-5-2-3-6-4;1-4-2-3-5-6-4;10*1-2/h2-4,6H,1H3;2*2-4H,1H3;2-3H,1H3,(H,5,6);6*2-3H,1H3;10*1-2H3. The number of hydrogen-bond acceptors (Lipinski definition) is 15. The largest absolute Gasteiger partial charge is 0.470 e. The first-order valence-electron chi connectivity index (χ1n) is 28.2. The van der Waals surface area contributed by atoms with E-state index in [0.717, 1.165) is 33.9 Å². The van der Waals surface area contributed by atoms with Gasteiger partial charge in [-0.3, -0.25) is 15.1 Å².